The number of hydrogen-bond donors (Lipinski definition) is 0. The highest BCUT2D eigenvalue weighted by atomic mass is 16.1. The Morgan fingerprint density at radius 2 is 1.48 bits per heavy atom. The predicted octanol–water partition coefficient (Wildman–Crippen LogP) is 4.71. The van der Waals surface area contributed by atoms with Crippen molar-refractivity contribution in [2.24, 2.45) is 4.99 Å². The second-order valence-corrected chi connectivity index (χ2v) is 6.35. The predicted molar refractivity (Wildman–Crippen MR) is 103 cm³/mol. The van der Waals surface area contributed by atoms with Crippen molar-refractivity contribution in [3.05, 3.63) is 83.4 Å². The molecule has 0 radical (unpaired) electrons. The Kier molecular flexibility index (Phi) is 3.69. The molecule has 3 aromatic carbocycles. The fourth-order valence-electron chi connectivity index (χ4n) is 3.10. The lowest BCUT2D eigenvalue weighted by Crippen LogP contribution is -2.08. The number of carbonyl (C=O) groups is 1. The van der Waals surface area contributed by atoms with Crippen LogP contribution in [0.3, 0.4) is 0 Å². The molecule has 0 saturated heterocycles. The van der Waals surface area contributed by atoms with Gasteiger partial charge in [-0.25, -0.2) is 0 Å². The maximum Gasteiger partial charge on any atom is 0.194 e. The van der Waals surface area contributed by atoms with Gasteiger partial charge in [-0.2, -0.15) is 0 Å². The Morgan fingerprint density at radius 3 is 2.20 bits per heavy atom. The zero-order valence-electron chi connectivity index (χ0n) is 14.2. The summed E-state index contributed by atoms with van der Waals surface area (Å²) in [6, 6.07) is 21.8. The summed E-state index contributed by atoms with van der Waals surface area (Å²) < 4.78 is 0. The molecule has 3 heteroatoms. The number of anilines is 1. The Hall–Kier alpha value is -3.20. The summed E-state index contributed by atoms with van der Waals surface area (Å²) in [4.78, 5) is 19.2. The minimum atomic E-state index is 0.0815. The van der Waals surface area contributed by atoms with E-state index in [-0.39, 0.29) is 5.78 Å². The Balaban J connectivity index is 1.62. The van der Waals surface area contributed by atoms with Gasteiger partial charge in [0, 0.05) is 37.1 Å². The average Bonchev–Trinajstić information content (AvgIpc) is 2.93. The van der Waals surface area contributed by atoms with Crippen LogP contribution in [-0.4, -0.2) is 26.1 Å². The van der Waals surface area contributed by atoms with Gasteiger partial charge < -0.3 is 4.90 Å². The van der Waals surface area contributed by atoms with Gasteiger partial charge in [0.1, 0.15) is 0 Å². The van der Waals surface area contributed by atoms with E-state index < -0.39 is 0 Å². The van der Waals surface area contributed by atoms with Crippen LogP contribution in [0.25, 0.3) is 11.1 Å². The van der Waals surface area contributed by atoms with E-state index >= 15 is 0 Å². The van der Waals surface area contributed by atoms with Crippen LogP contribution in [0.5, 0.6) is 0 Å². The molecule has 3 aromatic rings. The molecule has 0 unspecified atom stereocenters. The van der Waals surface area contributed by atoms with Crippen LogP contribution >= 0.6 is 0 Å². The molecule has 4 rings (SSSR count). The molecule has 122 valence electrons. The molecule has 0 spiro atoms. The van der Waals surface area contributed by atoms with E-state index in [4.69, 9.17) is 0 Å². The number of aliphatic imine (C=N–C) groups is 1. The third kappa shape index (κ3) is 2.74. The summed E-state index contributed by atoms with van der Waals surface area (Å²) in [5.41, 5.74) is 6.49. The Labute approximate surface area is 147 Å². The van der Waals surface area contributed by atoms with E-state index in [1.165, 1.54) is 0 Å². The van der Waals surface area contributed by atoms with Crippen molar-refractivity contribution < 1.29 is 4.79 Å². The van der Waals surface area contributed by atoms with Crippen molar-refractivity contribution in [2.45, 2.75) is 0 Å². The van der Waals surface area contributed by atoms with Gasteiger partial charge in [0.25, 0.3) is 0 Å². The minimum absolute atomic E-state index is 0.0815. The average molecular weight is 326 g/mol. The van der Waals surface area contributed by atoms with Gasteiger partial charge in [-0.05, 0) is 41.0 Å². The van der Waals surface area contributed by atoms with Crippen LogP contribution in [0, 0.1) is 0 Å². The third-order valence-electron chi connectivity index (χ3n) is 4.48. The van der Waals surface area contributed by atoms with E-state index in [0.717, 1.165) is 39.2 Å². The largest absolute Gasteiger partial charge is 0.378 e. The monoisotopic (exact) mass is 326 g/mol. The minimum Gasteiger partial charge on any atom is -0.378 e. The van der Waals surface area contributed by atoms with Gasteiger partial charge in [-0.15, -0.1) is 0 Å². The summed E-state index contributed by atoms with van der Waals surface area (Å²) in [7, 11) is 4.03. The zero-order chi connectivity index (χ0) is 17.4. The van der Waals surface area contributed by atoms with Crippen molar-refractivity contribution in [1.82, 2.24) is 0 Å². The van der Waals surface area contributed by atoms with Crippen LogP contribution < -0.4 is 4.90 Å². The molecule has 0 heterocycles. The molecule has 25 heavy (non-hydrogen) atoms. The number of rotatable bonds is 3. The first-order valence-electron chi connectivity index (χ1n) is 8.23. The number of ketones is 1. The van der Waals surface area contributed by atoms with E-state index in [2.05, 4.69) is 22.0 Å². The van der Waals surface area contributed by atoms with Crippen molar-refractivity contribution >= 4 is 23.4 Å². The van der Waals surface area contributed by atoms with Gasteiger partial charge in [-0.1, -0.05) is 42.5 Å². The first-order valence-corrected chi connectivity index (χ1v) is 8.23. The fraction of sp³-hybridized carbons (Fsp3) is 0.0909. The van der Waals surface area contributed by atoms with E-state index in [1.54, 1.807) is 0 Å². The Morgan fingerprint density at radius 1 is 0.800 bits per heavy atom. The highest BCUT2D eigenvalue weighted by Crippen LogP contribution is 2.38. The van der Waals surface area contributed by atoms with Gasteiger partial charge in [0.2, 0.25) is 0 Å². The second-order valence-electron chi connectivity index (χ2n) is 6.35. The smallest absolute Gasteiger partial charge is 0.194 e. The molecule has 0 aliphatic heterocycles. The summed E-state index contributed by atoms with van der Waals surface area (Å²) in [6.07, 6.45) is 1.83. The first kappa shape index (κ1) is 15.3. The van der Waals surface area contributed by atoms with Crippen molar-refractivity contribution in [1.29, 1.82) is 0 Å². The second kappa shape index (κ2) is 6.02. The maximum atomic E-state index is 12.6. The molecule has 0 N–H and O–H groups in total. The highest BCUT2D eigenvalue weighted by molar-refractivity contribution is 6.22. The lowest BCUT2D eigenvalue weighted by molar-refractivity contribution is 0.104. The number of fused-ring (bicyclic) bond motifs is 3. The lowest BCUT2D eigenvalue weighted by atomic mass is 10.1. The molecule has 0 amide bonds. The van der Waals surface area contributed by atoms with Crippen molar-refractivity contribution in [3.63, 3.8) is 0 Å². The quantitative estimate of drug-likeness (QED) is 0.511. The summed E-state index contributed by atoms with van der Waals surface area (Å²) >= 11 is 0. The molecule has 0 saturated carbocycles. The van der Waals surface area contributed by atoms with Crippen LogP contribution in [0.2, 0.25) is 0 Å². The van der Waals surface area contributed by atoms with Gasteiger partial charge in [0.05, 0.1) is 5.69 Å². The number of benzene rings is 3. The summed E-state index contributed by atoms with van der Waals surface area (Å²) in [5.74, 6) is 0.0815. The van der Waals surface area contributed by atoms with Gasteiger partial charge in [-0.3, -0.25) is 9.79 Å². The number of carbonyl (C=O) groups excluding carboxylic acids is 1. The van der Waals surface area contributed by atoms with E-state index in [0.29, 0.717) is 0 Å². The SMILES string of the molecule is CN(C)c1ccc(C=Nc2ccc3c(c2)C(=O)c2ccccc2-3)cc1. The molecule has 1 aliphatic carbocycles. The standard InChI is InChI=1S/C22H18N2O/c1-24(2)17-10-7-15(8-11-17)14-23-16-9-12-19-18-5-3-4-6-20(18)22(25)21(19)13-16/h3-14H,1-2H3. The number of nitrogens with zero attached hydrogens (tertiary/aromatic N) is 2. The fourth-order valence-corrected chi connectivity index (χ4v) is 3.10. The highest BCUT2D eigenvalue weighted by Gasteiger charge is 2.25. The third-order valence-corrected chi connectivity index (χ3v) is 4.48. The lowest BCUT2D eigenvalue weighted by Gasteiger charge is -2.11. The molecule has 0 atom stereocenters. The van der Waals surface area contributed by atoms with Crippen molar-refractivity contribution in [3.8, 4) is 11.1 Å². The topological polar surface area (TPSA) is 32.7 Å². The van der Waals surface area contributed by atoms with Crippen LogP contribution in [0.15, 0.2) is 71.7 Å². The molecular formula is C22H18N2O. The van der Waals surface area contributed by atoms with E-state index in [9.17, 15) is 4.79 Å². The van der Waals surface area contributed by atoms with Crippen LogP contribution in [-0.2, 0) is 0 Å². The van der Waals surface area contributed by atoms with Gasteiger partial charge >= 0.3 is 0 Å². The van der Waals surface area contributed by atoms with E-state index in [1.807, 2.05) is 74.9 Å². The van der Waals surface area contributed by atoms with Gasteiger partial charge in [0.15, 0.2) is 5.78 Å². The molecule has 0 bridgehead atoms. The summed E-state index contributed by atoms with van der Waals surface area (Å²) in [5, 5.41) is 0. The normalized spacial score (nSPS) is 12.3. The first-order chi connectivity index (χ1) is 12.1. The zero-order valence-corrected chi connectivity index (χ0v) is 14.2. The summed E-state index contributed by atoms with van der Waals surface area (Å²) in [6.45, 7) is 0. The maximum absolute atomic E-state index is 12.6. The number of hydrogen-bond acceptors (Lipinski definition) is 3. The Bertz CT molecular complexity index is 985. The molecule has 0 aromatic heterocycles. The van der Waals surface area contributed by atoms with Crippen molar-refractivity contribution in [2.75, 3.05) is 19.0 Å². The molecule has 1 aliphatic rings. The molecule has 0 fully saturated rings. The van der Waals surface area contributed by atoms with Crippen LogP contribution in [0.1, 0.15) is 21.5 Å². The van der Waals surface area contributed by atoms with Crippen LogP contribution in [0.4, 0.5) is 11.4 Å². The molecule has 3 nitrogen and oxygen atoms in total. The molecular weight excluding hydrogens is 308 g/mol.